The van der Waals surface area contributed by atoms with Crippen LogP contribution in [0.25, 0.3) is 0 Å². The number of likely N-dealkylation sites (tertiary alicyclic amines) is 1. The molecule has 0 N–H and O–H groups in total. The van der Waals surface area contributed by atoms with E-state index in [1.54, 1.807) is 6.20 Å². The third kappa shape index (κ3) is 3.98. The molecule has 2 aromatic rings. The number of aromatic nitrogens is 2. The monoisotopic (exact) mass is 340 g/mol. The number of benzene rings is 1. The quantitative estimate of drug-likeness (QED) is 0.785. The van der Waals surface area contributed by atoms with E-state index in [-0.39, 0.29) is 5.91 Å². The lowest BCUT2D eigenvalue weighted by atomic mass is 9.96. The molecule has 1 aromatic carbocycles. The Morgan fingerprint density at radius 2 is 2.12 bits per heavy atom. The van der Waals surface area contributed by atoms with Gasteiger partial charge >= 0.3 is 0 Å². The Morgan fingerprint density at radius 1 is 1.33 bits per heavy atom. The molecule has 0 unspecified atom stereocenters. The van der Waals surface area contributed by atoms with Gasteiger partial charge in [0.25, 0.3) is 5.91 Å². The van der Waals surface area contributed by atoms with Gasteiger partial charge in [-0.25, -0.2) is 4.98 Å². The number of thioether (sulfide) groups is 1. The highest BCUT2D eigenvalue weighted by Gasteiger charge is 2.25. The normalized spacial score (nSPS) is 15.2. The summed E-state index contributed by atoms with van der Waals surface area (Å²) in [5.74, 6) is 1.03. The first-order valence-electron chi connectivity index (χ1n) is 8.11. The van der Waals surface area contributed by atoms with Gasteiger partial charge in [-0.2, -0.15) is 5.26 Å². The Labute approximate surface area is 146 Å². The van der Waals surface area contributed by atoms with Crippen LogP contribution in [0.2, 0.25) is 0 Å². The second-order valence-electron chi connectivity index (χ2n) is 5.94. The minimum absolute atomic E-state index is 0.0807. The van der Waals surface area contributed by atoms with Gasteiger partial charge in [0.15, 0.2) is 0 Å². The number of carbonyl (C=O) groups excluding carboxylic acids is 1. The van der Waals surface area contributed by atoms with E-state index in [1.807, 2.05) is 41.7 Å². The molecular formula is C18H20N4OS. The summed E-state index contributed by atoms with van der Waals surface area (Å²) in [4.78, 5) is 19.7. The summed E-state index contributed by atoms with van der Waals surface area (Å²) in [5.41, 5.74) is 0.714. The number of nitriles is 1. The van der Waals surface area contributed by atoms with Crippen molar-refractivity contribution in [2.24, 2.45) is 5.92 Å². The molecule has 1 amide bonds. The molecule has 5 nitrogen and oxygen atoms in total. The van der Waals surface area contributed by atoms with Crippen LogP contribution >= 0.6 is 11.8 Å². The number of hydrogen-bond donors (Lipinski definition) is 0. The second-order valence-corrected chi connectivity index (χ2v) is 6.96. The molecule has 124 valence electrons. The van der Waals surface area contributed by atoms with Crippen LogP contribution in [0.15, 0.2) is 47.9 Å². The summed E-state index contributed by atoms with van der Waals surface area (Å²) >= 11 is 1.42. The van der Waals surface area contributed by atoms with E-state index in [9.17, 15) is 4.79 Å². The molecule has 0 radical (unpaired) electrons. The molecule has 1 fully saturated rings. The molecule has 0 spiro atoms. The van der Waals surface area contributed by atoms with Crippen molar-refractivity contribution in [1.82, 2.24) is 14.5 Å². The average Bonchev–Trinajstić information content (AvgIpc) is 3.13. The van der Waals surface area contributed by atoms with Gasteiger partial charge in [0, 0.05) is 36.9 Å². The molecule has 1 aromatic heterocycles. The van der Waals surface area contributed by atoms with Gasteiger partial charge in [-0.1, -0.05) is 12.1 Å². The van der Waals surface area contributed by atoms with Crippen LogP contribution in [0.3, 0.4) is 0 Å². The molecule has 2 heterocycles. The highest BCUT2D eigenvalue weighted by molar-refractivity contribution is 7.99. The van der Waals surface area contributed by atoms with Crippen LogP contribution in [0.1, 0.15) is 23.2 Å². The molecule has 0 bridgehead atoms. The number of hydrogen-bond acceptors (Lipinski definition) is 4. The zero-order chi connectivity index (χ0) is 16.8. The maximum absolute atomic E-state index is 12.8. The first-order chi connectivity index (χ1) is 11.8. The van der Waals surface area contributed by atoms with Gasteiger partial charge in [0.1, 0.15) is 0 Å². The Bertz CT molecular complexity index is 715. The fourth-order valence-corrected chi connectivity index (χ4v) is 3.77. The SMILES string of the molecule is N#CCSc1ccccc1C(=O)N1CCC(Cn2ccnc2)CC1. The molecule has 3 rings (SSSR count). The third-order valence-corrected chi connectivity index (χ3v) is 5.28. The van der Waals surface area contributed by atoms with Crippen LogP contribution < -0.4 is 0 Å². The lowest BCUT2D eigenvalue weighted by Crippen LogP contribution is -2.39. The van der Waals surface area contributed by atoms with Crippen molar-refractivity contribution in [2.45, 2.75) is 24.3 Å². The highest BCUT2D eigenvalue weighted by atomic mass is 32.2. The van der Waals surface area contributed by atoms with Crippen molar-refractivity contribution in [1.29, 1.82) is 5.26 Å². The second kappa shape index (κ2) is 8.02. The Hall–Kier alpha value is -2.26. The van der Waals surface area contributed by atoms with Crippen molar-refractivity contribution in [3.05, 3.63) is 48.5 Å². The summed E-state index contributed by atoms with van der Waals surface area (Å²) in [6.45, 7) is 2.54. The van der Waals surface area contributed by atoms with Crippen molar-refractivity contribution in [2.75, 3.05) is 18.8 Å². The van der Waals surface area contributed by atoms with Gasteiger partial charge in [0.05, 0.1) is 23.7 Å². The zero-order valence-electron chi connectivity index (χ0n) is 13.5. The number of carbonyl (C=O) groups is 1. The van der Waals surface area contributed by atoms with E-state index in [4.69, 9.17) is 5.26 Å². The van der Waals surface area contributed by atoms with Crippen LogP contribution in [0, 0.1) is 17.2 Å². The molecular weight excluding hydrogens is 320 g/mol. The number of piperidine rings is 1. The van der Waals surface area contributed by atoms with Crippen molar-refractivity contribution in [3.8, 4) is 6.07 Å². The van der Waals surface area contributed by atoms with Gasteiger partial charge in [-0.05, 0) is 30.9 Å². The topological polar surface area (TPSA) is 61.9 Å². The molecule has 0 saturated carbocycles. The molecule has 1 aliphatic heterocycles. The predicted octanol–water partition coefficient (Wildman–Crippen LogP) is 3.05. The van der Waals surface area contributed by atoms with Gasteiger partial charge in [-0.3, -0.25) is 4.79 Å². The van der Waals surface area contributed by atoms with Crippen molar-refractivity contribution < 1.29 is 4.79 Å². The minimum atomic E-state index is 0.0807. The highest BCUT2D eigenvalue weighted by Crippen LogP contribution is 2.26. The Kier molecular flexibility index (Phi) is 5.55. The van der Waals surface area contributed by atoms with Gasteiger partial charge in [-0.15, -0.1) is 11.8 Å². The lowest BCUT2D eigenvalue weighted by Gasteiger charge is -2.32. The first kappa shape index (κ1) is 16.6. The summed E-state index contributed by atoms with van der Waals surface area (Å²) in [6, 6.07) is 9.69. The predicted molar refractivity (Wildman–Crippen MR) is 93.6 cm³/mol. The molecule has 1 aliphatic rings. The molecule has 1 saturated heterocycles. The van der Waals surface area contributed by atoms with Crippen molar-refractivity contribution >= 4 is 17.7 Å². The molecule has 24 heavy (non-hydrogen) atoms. The maximum Gasteiger partial charge on any atom is 0.254 e. The first-order valence-corrected chi connectivity index (χ1v) is 9.10. The molecule has 6 heteroatoms. The van der Waals surface area contributed by atoms with Crippen LogP contribution in [0.4, 0.5) is 0 Å². The third-order valence-electron chi connectivity index (χ3n) is 4.34. The van der Waals surface area contributed by atoms with Crippen LogP contribution in [0.5, 0.6) is 0 Å². The molecule has 0 aliphatic carbocycles. The summed E-state index contributed by atoms with van der Waals surface area (Å²) < 4.78 is 2.11. The van der Waals surface area contributed by atoms with E-state index < -0.39 is 0 Å². The average molecular weight is 340 g/mol. The summed E-state index contributed by atoms with van der Waals surface area (Å²) in [7, 11) is 0. The van der Waals surface area contributed by atoms with Gasteiger partial charge in [0.2, 0.25) is 0 Å². The van der Waals surface area contributed by atoms with E-state index in [2.05, 4.69) is 15.6 Å². The minimum Gasteiger partial charge on any atom is -0.339 e. The van der Waals surface area contributed by atoms with Crippen LogP contribution in [-0.4, -0.2) is 39.2 Å². The van der Waals surface area contributed by atoms with E-state index in [0.29, 0.717) is 17.2 Å². The fraction of sp³-hybridized carbons (Fsp3) is 0.389. The number of imidazole rings is 1. The van der Waals surface area contributed by atoms with E-state index in [1.165, 1.54) is 11.8 Å². The summed E-state index contributed by atoms with van der Waals surface area (Å²) in [6.07, 6.45) is 7.66. The lowest BCUT2D eigenvalue weighted by molar-refractivity contribution is 0.0679. The summed E-state index contributed by atoms with van der Waals surface area (Å²) in [5, 5.41) is 8.77. The maximum atomic E-state index is 12.8. The van der Waals surface area contributed by atoms with E-state index in [0.717, 1.165) is 37.4 Å². The number of amides is 1. The van der Waals surface area contributed by atoms with Gasteiger partial charge < -0.3 is 9.47 Å². The zero-order valence-corrected chi connectivity index (χ0v) is 14.3. The number of nitrogens with zero attached hydrogens (tertiary/aromatic N) is 4. The largest absolute Gasteiger partial charge is 0.339 e. The van der Waals surface area contributed by atoms with Crippen LogP contribution in [-0.2, 0) is 6.54 Å². The molecule has 0 atom stereocenters. The standard InChI is InChI=1S/C18H20N4OS/c19-7-12-24-17-4-2-1-3-16(17)18(23)22-9-5-15(6-10-22)13-21-11-8-20-14-21/h1-4,8,11,14-15H,5-6,9-10,12-13H2. The van der Waals surface area contributed by atoms with Crippen molar-refractivity contribution in [3.63, 3.8) is 0 Å². The fourth-order valence-electron chi connectivity index (χ4n) is 3.06. The Morgan fingerprint density at radius 3 is 2.83 bits per heavy atom. The van der Waals surface area contributed by atoms with E-state index >= 15 is 0 Å². The Balaban J connectivity index is 1.60. The number of rotatable bonds is 5. The smallest absolute Gasteiger partial charge is 0.254 e.